The highest BCUT2D eigenvalue weighted by atomic mass is 16.6. The molecule has 1 aromatic carbocycles. The summed E-state index contributed by atoms with van der Waals surface area (Å²) in [7, 11) is 0. The van der Waals surface area contributed by atoms with E-state index < -0.39 is 70.2 Å². The van der Waals surface area contributed by atoms with Crippen molar-refractivity contribution >= 4 is 11.9 Å². The van der Waals surface area contributed by atoms with E-state index in [1.807, 2.05) is 41.5 Å². The average molecular weight is 543 g/mol. The molecule has 0 radical (unpaired) electrons. The molecule has 214 valence electrons. The van der Waals surface area contributed by atoms with Crippen LogP contribution in [-0.2, 0) is 19.0 Å². The van der Waals surface area contributed by atoms with Gasteiger partial charge in [0.15, 0.2) is 5.60 Å². The van der Waals surface area contributed by atoms with Gasteiger partial charge in [0.2, 0.25) is 0 Å². The molecule has 1 saturated heterocycles. The molecule has 0 spiro atoms. The van der Waals surface area contributed by atoms with Crippen LogP contribution in [0.4, 0.5) is 0 Å². The summed E-state index contributed by atoms with van der Waals surface area (Å²) < 4.78 is 18.4. The average Bonchev–Trinajstić information content (AvgIpc) is 2.87. The molecule has 10 unspecified atom stereocenters. The number of hydrogen-bond acceptors (Lipinski definition) is 8. The maximum absolute atomic E-state index is 13.7. The number of aliphatic hydroxyl groups is 3. The SMILES string of the molecule is CC(=O)OC12COC1CC(C)C1(C)C(O)C(C)C3=C(C)C(O)CC(O)(C(OC(=O)c4ccccc4)C21)C3(C)C. The predicted molar refractivity (Wildman–Crippen MR) is 142 cm³/mol. The van der Waals surface area contributed by atoms with Gasteiger partial charge in [-0.3, -0.25) is 4.79 Å². The predicted octanol–water partition coefficient (Wildman–Crippen LogP) is 3.42. The first-order valence-electron chi connectivity index (χ1n) is 14.0. The summed E-state index contributed by atoms with van der Waals surface area (Å²) in [5.74, 6) is -2.54. The van der Waals surface area contributed by atoms with Crippen molar-refractivity contribution in [3.05, 3.63) is 47.0 Å². The maximum Gasteiger partial charge on any atom is 0.338 e. The summed E-state index contributed by atoms with van der Waals surface area (Å²) in [6.45, 7) is 12.9. The van der Waals surface area contributed by atoms with Crippen molar-refractivity contribution in [3.8, 4) is 0 Å². The summed E-state index contributed by atoms with van der Waals surface area (Å²) in [5, 5.41) is 36.4. The van der Waals surface area contributed by atoms with Crippen molar-refractivity contribution in [1.29, 1.82) is 0 Å². The van der Waals surface area contributed by atoms with E-state index in [4.69, 9.17) is 14.2 Å². The van der Waals surface area contributed by atoms with Crippen molar-refractivity contribution in [3.63, 3.8) is 0 Å². The second-order valence-electron chi connectivity index (χ2n) is 13.1. The number of carbonyl (C=O) groups excluding carboxylic acids is 2. The number of rotatable bonds is 3. The molecule has 2 saturated carbocycles. The molecule has 5 rings (SSSR count). The monoisotopic (exact) mass is 542 g/mol. The number of carbonyl (C=O) groups is 2. The molecule has 1 aliphatic heterocycles. The second-order valence-corrected chi connectivity index (χ2v) is 13.1. The van der Waals surface area contributed by atoms with Crippen molar-refractivity contribution < 1.29 is 39.1 Å². The molecule has 0 amide bonds. The van der Waals surface area contributed by atoms with Crippen LogP contribution in [0.5, 0.6) is 0 Å². The maximum atomic E-state index is 13.7. The minimum atomic E-state index is -1.75. The van der Waals surface area contributed by atoms with E-state index in [0.29, 0.717) is 12.0 Å². The van der Waals surface area contributed by atoms with Gasteiger partial charge in [-0.1, -0.05) is 58.4 Å². The van der Waals surface area contributed by atoms with E-state index in [1.165, 1.54) is 6.92 Å². The van der Waals surface area contributed by atoms with Gasteiger partial charge in [0.25, 0.3) is 0 Å². The van der Waals surface area contributed by atoms with Crippen LogP contribution in [0.15, 0.2) is 41.5 Å². The van der Waals surface area contributed by atoms with Gasteiger partial charge in [0.1, 0.15) is 17.8 Å². The molecule has 0 aromatic heterocycles. The van der Waals surface area contributed by atoms with Gasteiger partial charge in [-0.05, 0) is 37.0 Å². The Morgan fingerprint density at radius 1 is 1.08 bits per heavy atom. The normalized spacial score (nSPS) is 44.6. The molecule has 3 N–H and O–H groups in total. The quantitative estimate of drug-likeness (QED) is 0.392. The molecule has 1 heterocycles. The van der Waals surface area contributed by atoms with Gasteiger partial charge < -0.3 is 29.5 Å². The van der Waals surface area contributed by atoms with Crippen LogP contribution in [0.1, 0.15) is 71.7 Å². The van der Waals surface area contributed by atoms with Crippen LogP contribution in [0.3, 0.4) is 0 Å². The standard InChI is InChI=1S/C31H42O8/c1-16-13-22-30(15-37-22,39-19(4)32)24-26(38-27(35)20-11-9-8-10-12-20)31(36)14-21(33)17(2)23(28(31,5)6)18(3)25(34)29(16,24)7/h8-12,16,18,21-22,24-26,33-34,36H,13-15H2,1-7H3. The van der Waals surface area contributed by atoms with E-state index in [-0.39, 0.29) is 18.9 Å². The lowest BCUT2D eigenvalue weighted by Gasteiger charge is -2.69. The minimum Gasteiger partial charge on any atom is -0.455 e. The zero-order valence-corrected chi connectivity index (χ0v) is 23.9. The first-order chi connectivity index (χ1) is 18.1. The van der Waals surface area contributed by atoms with Gasteiger partial charge in [0.05, 0.1) is 30.3 Å². The molecule has 2 bridgehead atoms. The van der Waals surface area contributed by atoms with E-state index in [1.54, 1.807) is 30.3 Å². The van der Waals surface area contributed by atoms with E-state index in [0.717, 1.165) is 11.1 Å². The Bertz CT molecular complexity index is 1190. The zero-order chi connectivity index (χ0) is 28.7. The fourth-order valence-corrected chi connectivity index (χ4v) is 8.72. The van der Waals surface area contributed by atoms with Gasteiger partial charge >= 0.3 is 11.9 Å². The summed E-state index contributed by atoms with van der Waals surface area (Å²) in [6, 6.07) is 8.54. The van der Waals surface area contributed by atoms with Crippen molar-refractivity contribution in [1.82, 2.24) is 0 Å². The number of fused-ring (bicyclic) bond motifs is 5. The Morgan fingerprint density at radius 3 is 2.28 bits per heavy atom. The Kier molecular flexibility index (Phi) is 6.62. The number of esters is 2. The molecule has 10 atom stereocenters. The highest BCUT2D eigenvalue weighted by Gasteiger charge is 2.76. The molecular formula is C31H42O8. The first-order valence-corrected chi connectivity index (χ1v) is 14.0. The number of benzene rings is 1. The van der Waals surface area contributed by atoms with E-state index in [9.17, 15) is 24.9 Å². The third-order valence-corrected chi connectivity index (χ3v) is 11.0. The molecular weight excluding hydrogens is 500 g/mol. The van der Waals surface area contributed by atoms with Crippen molar-refractivity contribution in [2.75, 3.05) is 6.61 Å². The Labute approximate surface area is 230 Å². The molecule has 3 fully saturated rings. The second kappa shape index (κ2) is 9.13. The lowest BCUT2D eigenvalue weighted by Crippen LogP contribution is -2.80. The molecule has 8 heteroatoms. The van der Waals surface area contributed by atoms with Gasteiger partial charge in [-0.2, -0.15) is 0 Å². The minimum absolute atomic E-state index is 0.0610. The van der Waals surface area contributed by atoms with Gasteiger partial charge in [0, 0.05) is 30.1 Å². The molecule has 3 aliphatic carbocycles. The summed E-state index contributed by atoms with van der Waals surface area (Å²) in [5.41, 5.74) is -3.14. The fraction of sp³-hybridized carbons (Fsp3) is 0.677. The van der Waals surface area contributed by atoms with Gasteiger partial charge in [-0.15, -0.1) is 0 Å². The Balaban J connectivity index is 1.80. The van der Waals surface area contributed by atoms with Crippen molar-refractivity contribution in [2.45, 2.75) is 96.9 Å². The highest BCUT2D eigenvalue weighted by Crippen LogP contribution is 2.67. The third-order valence-electron chi connectivity index (χ3n) is 11.0. The van der Waals surface area contributed by atoms with Crippen LogP contribution in [0, 0.1) is 28.6 Å². The Morgan fingerprint density at radius 2 is 1.72 bits per heavy atom. The Hall–Kier alpha value is -2.26. The molecule has 1 aromatic rings. The van der Waals surface area contributed by atoms with Crippen molar-refractivity contribution in [2.24, 2.45) is 28.6 Å². The largest absolute Gasteiger partial charge is 0.455 e. The topological polar surface area (TPSA) is 123 Å². The van der Waals surface area contributed by atoms with Crippen LogP contribution >= 0.6 is 0 Å². The molecule has 39 heavy (non-hydrogen) atoms. The molecule has 4 aliphatic rings. The van der Waals surface area contributed by atoms with Crippen LogP contribution in [0.25, 0.3) is 0 Å². The van der Waals surface area contributed by atoms with E-state index in [2.05, 4.69) is 0 Å². The number of ether oxygens (including phenoxy) is 3. The molecule has 8 nitrogen and oxygen atoms in total. The smallest absolute Gasteiger partial charge is 0.338 e. The fourth-order valence-electron chi connectivity index (χ4n) is 8.72. The highest BCUT2D eigenvalue weighted by molar-refractivity contribution is 5.89. The lowest BCUT2D eigenvalue weighted by molar-refractivity contribution is -0.356. The third kappa shape index (κ3) is 3.71. The number of aliphatic hydroxyl groups excluding tert-OH is 2. The summed E-state index contributed by atoms with van der Waals surface area (Å²) in [4.78, 5) is 26.3. The summed E-state index contributed by atoms with van der Waals surface area (Å²) in [6.07, 6.45) is -3.22. The van der Waals surface area contributed by atoms with Crippen LogP contribution in [0.2, 0.25) is 0 Å². The summed E-state index contributed by atoms with van der Waals surface area (Å²) >= 11 is 0. The van der Waals surface area contributed by atoms with Gasteiger partial charge in [-0.25, -0.2) is 4.79 Å². The van der Waals surface area contributed by atoms with E-state index >= 15 is 0 Å². The first kappa shape index (κ1) is 28.3. The zero-order valence-electron chi connectivity index (χ0n) is 23.9. The lowest BCUT2D eigenvalue weighted by atomic mass is 9.42. The number of hydrogen-bond donors (Lipinski definition) is 3. The van der Waals surface area contributed by atoms with Crippen LogP contribution in [-0.4, -0.2) is 69.5 Å². The van der Waals surface area contributed by atoms with Crippen LogP contribution < -0.4 is 0 Å².